The van der Waals surface area contributed by atoms with Crippen molar-refractivity contribution in [3.63, 3.8) is 0 Å². The van der Waals surface area contributed by atoms with Crippen LogP contribution in [-0.4, -0.2) is 43.2 Å². The SMILES string of the molecule is O=c1cc2c(nn1CC1CCCN1Cc1nnc(C(F)(F)F)o1)CCSC2. The molecule has 1 unspecified atom stereocenters. The van der Waals surface area contributed by atoms with E-state index in [-0.39, 0.29) is 24.0 Å². The van der Waals surface area contributed by atoms with Crippen LogP contribution in [-0.2, 0) is 31.4 Å². The Morgan fingerprint density at radius 2 is 2.19 bits per heavy atom. The van der Waals surface area contributed by atoms with Crippen LogP contribution in [0.25, 0.3) is 0 Å². The van der Waals surface area contributed by atoms with E-state index in [4.69, 9.17) is 4.42 Å². The highest BCUT2D eigenvalue weighted by molar-refractivity contribution is 7.98. The fourth-order valence-corrected chi connectivity index (χ4v) is 4.45. The van der Waals surface area contributed by atoms with E-state index in [0.717, 1.165) is 42.0 Å². The number of thioether (sulfide) groups is 1. The fraction of sp³-hybridized carbons (Fsp3) is 0.625. The Kier molecular flexibility index (Phi) is 4.97. The molecular weight excluding hydrogens is 383 g/mol. The lowest BCUT2D eigenvalue weighted by Gasteiger charge is -2.24. The highest BCUT2D eigenvalue weighted by Gasteiger charge is 2.38. The van der Waals surface area contributed by atoms with Gasteiger partial charge in [-0.05, 0) is 30.7 Å². The zero-order valence-electron chi connectivity index (χ0n) is 14.4. The summed E-state index contributed by atoms with van der Waals surface area (Å²) in [6.45, 7) is 1.23. The number of rotatable bonds is 4. The van der Waals surface area contributed by atoms with Crippen LogP contribution in [0.15, 0.2) is 15.3 Å². The number of fused-ring (bicyclic) bond motifs is 1. The summed E-state index contributed by atoms with van der Waals surface area (Å²) in [7, 11) is 0. The lowest BCUT2D eigenvalue weighted by atomic mass is 10.2. The maximum atomic E-state index is 12.6. The zero-order chi connectivity index (χ0) is 19.0. The molecule has 1 atom stereocenters. The molecule has 0 spiro atoms. The minimum absolute atomic E-state index is 0.00699. The van der Waals surface area contributed by atoms with Gasteiger partial charge in [-0.25, -0.2) is 4.68 Å². The number of likely N-dealkylation sites (tertiary alicyclic amines) is 1. The molecule has 0 radical (unpaired) electrons. The molecule has 0 N–H and O–H groups in total. The smallest absolute Gasteiger partial charge is 0.416 e. The number of aryl methyl sites for hydroxylation is 1. The van der Waals surface area contributed by atoms with E-state index in [0.29, 0.717) is 13.1 Å². The van der Waals surface area contributed by atoms with Gasteiger partial charge in [0, 0.05) is 24.3 Å². The van der Waals surface area contributed by atoms with E-state index in [1.165, 1.54) is 4.68 Å². The summed E-state index contributed by atoms with van der Waals surface area (Å²) < 4.78 is 44.0. The second kappa shape index (κ2) is 7.27. The van der Waals surface area contributed by atoms with E-state index >= 15 is 0 Å². The van der Waals surface area contributed by atoms with Crippen molar-refractivity contribution in [1.29, 1.82) is 0 Å². The first-order valence-corrected chi connectivity index (χ1v) is 9.87. The summed E-state index contributed by atoms with van der Waals surface area (Å²) >= 11 is 1.79. The summed E-state index contributed by atoms with van der Waals surface area (Å²) in [4.78, 5) is 14.3. The lowest BCUT2D eigenvalue weighted by Crippen LogP contribution is -2.37. The molecule has 0 aliphatic carbocycles. The van der Waals surface area contributed by atoms with Crippen molar-refractivity contribution in [2.24, 2.45) is 0 Å². The average molecular weight is 401 g/mol. The molecule has 27 heavy (non-hydrogen) atoms. The number of aromatic nitrogens is 4. The molecular formula is C16H18F3N5O2S. The van der Waals surface area contributed by atoms with Crippen LogP contribution >= 0.6 is 11.8 Å². The monoisotopic (exact) mass is 401 g/mol. The largest absolute Gasteiger partial charge is 0.470 e. The standard InChI is InChI=1S/C16H18F3N5O2S/c17-16(18,19)15-21-20-13(26-15)8-23-4-1-2-11(23)7-24-14(25)6-10-9-27-5-3-12(10)22-24/h6,11H,1-5,7-9H2. The molecule has 11 heteroatoms. The van der Waals surface area contributed by atoms with Gasteiger partial charge in [-0.2, -0.15) is 30.0 Å². The molecule has 2 aliphatic rings. The van der Waals surface area contributed by atoms with E-state index in [2.05, 4.69) is 15.3 Å². The van der Waals surface area contributed by atoms with E-state index in [1.54, 1.807) is 17.8 Å². The van der Waals surface area contributed by atoms with Gasteiger partial charge < -0.3 is 4.42 Å². The zero-order valence-corrected chi connectivity index (χ0v) is 15.2. The normalized spacial score (nSPS) is 20.8. The molecule has 4 heterocycles. The summed E-state index contributed by atoms with van der Waals surface area (Å²) in [6.07, 6.45) is -2.08. The third-order valence-electron chi connectivity index (χ3n) is 4.84. The van der Waals surface area contributed by atoms with E-state index in [9.17, 15) is 18.0 Å². The van der Waals surface area contributed by atoms with Crippen LogP contribution in [0, 0.1) is 0 Å². The van der Waals surface area contributed by atoms with Gasteiger partial charge in [0.05, 0.1) is 18.8 Å². The maximum absolute atomic E-state index is 12.6. The summed E-state index contributed by atoms with van der Waals surface area (Å²) in [6, 6.07) is 1.65. The number of hydrogen-bond donors (Lipinski definition) is 0. The third-order valence-corrected chi connectivity index (χ3v) is 5.84. The Balaban J connectivity index is 1.47. The Hall–Kier alpha value is -1.88. The molecule has 1 fully saturated rings. The van der Waals surface area contributed by atoms with Crippen molar-refractivity contribution >= 4 is 11.8 Å². The molecule has 0 saturated carbocycles. The van der Waals surface area contributed by atoms with Gasteiger partial charge >= 0.3 is 12.1 Å². The van der Waals surface area contributed by atoms with Gasteiger partial charge in [0.2, 0.25) is 5.89 Å². The number of halogens is 3. The van der Waals surface area contributed by atoms with Crippen LogP contribution in [0.5, 0.6) is 0 Å². The average Bonchev–Trinajstić information content (AvgIpc) is 3.26. The van der Waals surface area contributed by atoms with Gasteiger partial charge in [-0.3, -0.25) is 9.69 Å². The first-order valence-electron chi connectivity index (χ1n) is 8.71. The first kappa shape index (κ1) is 18.5. The molecule has 1 saturated heterocycles. The second-order valence-electron chi connectivity index (χ2n) is 6.70. The number of hydrogen-bond acceptors (Lipinski definition) is 7. The van der Waals surface area contributed by atoms with Crippen molar-refractivity contribution in [3.8, 4) is 0 Å². The number of nitrogens with zero attached hydrogens (tertiary/aromatic N) is 5. The minimum Gasteiger partial charge on any atom is -0.416 e. The molecule has 2 aromatic rings. The minimum atomic E-state index is -4.64. The fourth-order valence-electron chi connectivity index (χ4n) is 3.50. The quantitative estimate of drug-likeness (QED) is 0.776. The van der Waals surface area contributed by atoms with Crippen LogP contribution in [0.3, 0.4) is 0 Å². The lowest BCUT2D eigenvalue weighted by molar-refractivity contribution is -0.157. The van der Waals surface area contributed by atoms with Gasteiger partial charge in [0.15, 0.2) is 0 Å². The number of alkyl halides is 3. The topological polar surface area (TPSA) is 77.1 Å². The van der Waals surface area contributed by atoms with Gasteiger partial charge in [-0.15, -0.1) is 10.2 Å². The second-order valence-corrected chi connectivity index (χ2v) is 7.81. The van der Waals surface area contributed by atoms with Crippen LogP contribution in [0.2, 0.25) is 0 Å². The Bertz CT molecular complexity index is 882. The Morgan fingerprint density at radius 1 is 1.33 bits per heavy atom. The molecule has 4 rings (SSSR count). The molecule has 0 aromatic carbocycles. The molecule has 7 nitrogen and oxygen atoms in total. The Morgan fingerprint density at radius 3 is 2.96 bits per heavy atom. The summed E-state index contributed by atoms with van der Waals surface area (Å²) in [5, 5.41) is 11.1. The van der Waals surface area contributed by atoms with Gasteiger partial charge in [0.1, 0.15) is 0 Å². The van der Waals surface area contributed by atoms with Crippen LogP contribution < -0.4 is 5.56 Å². The van der Waals surface area contributed by atoms with Crippen molar-refractivity contribution in [1.82, 2.24) is 24.9 Å². The van der Waals surface area contributed by atoms with Gasteiger partial charge in [-0.1, -0.05) is 0 Å². The third kappa shape index (κ3) is 4.03. The van der Waals surface area contributed by atoms with Crippen molar-refractivity contribution < 1.29 is 17.6 Å². The summed E-state index contributed by atoms with van der Waals surface area (Å²) in [5.74, 6) is 0.398. The van der Waals surface area contributed by atoms with Crippen molar-refractivity contribution in [3.05, 3.63) is 39.5 Å². The van der Waals surface area contributed by atoms with E-state index < -0.39 is 12.1 Å². The predicted octanol–water partition coefficient (Wildman–Crippen LogP) is 2.10. The van der Waals surface area contributed by atoms with Crippen molar-refractivity contribution in [2.45, 2.75) is 50.3 Å². The molecule has 2 aromatic heterocycles. The highest BCUT2D eigenvalue weighted by atomic mass is 32.2. The summed E-state index contributed by atoms with van der Waals surface area (Å²) in [5.41, 5.74) is 1.83. The highest BCUT2D eigenvalue weighted by Crippen LogP contribution is 2.29. The molecule has 0 bridgehead atoms. The van der Waals surface area contributed by atoms with Crippen molar-refractivity contribution in [2.75, 3.05) is 12.3 Å². The molecule has 2 aliphatic heterocycles. The van der Waals surface area contributed by atoms with Crippen LogP contribution in [0.4, 0.5) is 13.2 Å². The van der Waals surface area contributed by atoms with Crippen LogP contribution in [0.1, 0.15) is 35.9 Å². The first-order chi connectivity index (χ1) is 12.9. The molecule has 146 valence electrons. The molecule has 0 amide bonds. The maximum Gasteiger partial charge on any atom is 0.470 e. The predicted molar refractivity (Wildman–Crippen MR) is 91.1 cm³/mol. The van der Waals surface area contributed by atoms with Gasteiger partial charge in [0.25, 0.3) is 5.56 Å². The Labute approximate surface area is 156 Å². The van der Waals surface area contributed by atoms with E-state index in [1.807, 2.05) is 4.90 Å².